The summed E-state index contributed by atoms with van der Waals surface area (Å²) in [5, 5.41) is 16.7. The van der Waals surface area contributed by atoms with Crippen molar-refractivity contribution in [3.05, 3.63) is 42.0 Å². The second kappa shape index (κ2) is 6.06. The zero-order valence-electron chi connectivity index (χ0n) is 12.5. The summed E-state index contributed by atoms with van der Waals surface area (Å²) < 4.78 is 15.0. The number of benzene rings is 1. The molecule has 1 N–H and O–H groups in total. The third kappa shape index (κ3) is 3.03. The number of hydrogen-bond acceptors (Lipinski definition) is 4. The Morgan fingerprint density at radius 1 is 1.45 bits per heavy atom. The van der Waals surface area contributed by atoms with Gasteiger partial charge in [-0.3, -0.25) is 4.68 Å². The number of aromatic nitrogens is 2. The third-order valence-electron chi connectivity index (χ3n) is 3.94. The van der Waals surface area contributed by atoms with E-state index in [-0.39, 0.29) is 11.9 Å². The monoisotopic (exact) mass is 299 g/mol. The molecule has 2 heterocycles. The standard InChI is InChI=1S/C16H18FN5/c1-21-11-15(9-19-21)22-6-2-3-14(10-22)20-16-5-4-13(17)7-12(16)8-18/h4-5,7,9,11,14,20H,2-3,6,10H2,1H3. The molecule has 0 radical (unpaired) electrons. The lowest BCUT2D eigenvalue weighted by Crippen LogP contribution is -2.42. The molecule has 3 rings (SSSR count). The molecule has 0 spiro atoms. The molecule has 1 aliphatic rings. The van der Waals surface area contributed by atoms with Crippen molar-refractivity contribution in [2.45, 2.75) is 18.9 Å². The molecule has 0 saturated carbocycles. The quantitative estimate of drug-likeness (QED) is 0.946. The van der Waals surface area contributed by atoms with Crippen LogP contribution in [0.5, 0.6) is 0 Å². The van der Waals surface area contributed by atoms with E-state index in [4.69, 9.17) is 5.26 Å². The zero-order valence-corrected chi connectivity index (χ0v) is 12.5. The number of anilines is 2. The third-order valence-corrected chi connectivity index (χ3v) is 3.94. The highest BCUT2D eigenvalue weighted by molar-refractivity contribution is 5.58. The number of piperidine rings is 1. The molecule has 1 fully saturated rings. The van der Waals surface area contributed by atoms with E-state index in [0.717, 1.165) is 31.6 Å². The lowest BCUT2D eigenvalue weighted by Gasteiger charge is -2.34. The van der Waals surface area contributed by atoms with Gasteiger partial charge in [0, 0.05) is 32.4 Å². The van der Waals surface area contributed by atoms with Gasteiger partial charge in [-0.2, -0.15) is 10.4 Å². The number of nitrogens with zero attached hydrogens (tertiary/aromatic N) is 4. The summed E-state index contributed by atoms with van der Waals surface area (Å²) >= 11 is 0. The minimum absolute atomic E-state index is 0.228. The Kier molecular flexibility index (Phi) is 3.96. The molecule has 114 valence electrons. The zero-order chi connectivity index (χ0) is 15.5. The van der Waals surface area contributed by atoms with Crippen LogP contribution >= 0.6 is 0 Å². The fourth-order valence-corrected chi connectivity index (χ4v) is 2.86. The van der Waals surface area contributed by atoms with E-state index in [9.17, 15) is 4.39 Å². The van der Waals surface area contributed by atoms with Crippen LogP contribution in [0.3, 0.4) is 0 Å². The fraction of sp³-hybridized carbons (Fsp3) is 0.375. The van der Waals surface area contributed by atoms with Crippen LogP contribution in [0.4, 0.5) is 15.8 Å². The van der Waals surface area contributed by atoms with Crippen LogP contribution in [0.25, 0.3) is 0 Å². The highest BCUT2D eigenvalue weighted by Crippen LogP contribution is 2.23. The van der Waals surface area contributed by atoms with Crippen molar-refractivity contribution in [1.82, 2.24) is 9.78 Å². The van der Waals surface area contributed by atoms with Crippen molar-refractivity contribution in [2.75, 3.05) is 23.3 Å². The first-order valence-electron chi connectivity index (χ1n) is 7.35. The number of rotatable bonds is 3. The molecule has 0 amide bonds. The molecule has 0 bridgehead atoms. The maximum atomic E-state index is 13.2. The summed E-state index contributed by atoms with van der Waals surface area (Å²) in [4.78, 5) is 2.28. The molecule has 5 nitrogen and oxygen atoms in total. The molecule has 1 aromatic carbocycles. The molecule has 22 heavy (non-hydrogen) atoms. The highest BCUT2D eigenvalue weighted by Gasteiger charge is 2.21. The van der Waals surface area contributed by atoms with Gasteiger partial charge in [-0.25, -0.2) is 4.39 Å². The first kappa shape index (κ1) is 14.4. The largest absolute Gasteiger partial charge is 0.379 e. The van der Waals surface area contributed by atoms with Crippen LogP contribution in [0, 0.1) is 17.1 Å². The summed E-state index contributed by atoms with van der Waals surface area (Å²) in [5.41, 5.74) is 2.15. The summed E-state index contributed by atoms with van der Waals surface area (Å²) in [6.45, 7) is 1.84. The molecule has 1 aromatic heterocycles. The van der Waals surface area contributed by atoms with E-state index in [0.29, 0.717) is 11.3 Å². The number of nitrogens with one attached hydrogen (secondary N) is 1. The van der Waals surface area contributed by atoms with Crippen molar-refractivity contribution in [3.63, 3.8) is 0 Å². The Hall–Kier alpha value is -2.55. The Morgan fingerprint density at radius 2 is 2.32 bits per heavy atom. The average molecular weight is 299 g/mol. The Morgan fingerprint density at radius 3 is 3.05 bits per heavy atom. The Labute approximate surface area is 129 Å². The van der Waals surface area contributed by atoms with Crippen LogP contribution in [-0.2, 0) is 7.05 Å². The maximum absolute atomic E-state index is 13.2. The predicted octanol–water partition coefficient (Wildman–Crippen LogP) is 2.51. The van der Waals surface area contributed by atoms with Crippen LogP contribution < -0.4 is 10.2 Å². The minimum atomic E-state index is -0.386. The SMILES string of the molecule is Cn1cc(N2CCCC(Nc3ccc(F)cc3C#N)C2)cn1. The molecule has 2 aromatic rings. The van der Waals surface area contributed by atoms with Crippen molar-refractivity contribution in [1.29, 1.82) is 5.26 Å². The molecule has 6 heteroatoms. The fourth-order valence-electron chi connectivity index (χ4n) is 2.86. The molecule has 1 aliphatic heterocycles. The van der Waals surface area contributed by atoms with Gasteiger partial charge >= 0.3 is 0 Å². The molecule has 0 aliphatic carbocycles. The van der Waals surface area contributed by atoms with Gasteiger partial charge < -0.3 is 10.2 Å². The van der Waals surface area contributed by atoms with Crippen molar-refractivity contribution < 1.29 is 4.39 Å². The summed E-state index contributed by atoms with van der Waals surface area (Å²) in [6.07, 6.45) is 5.95. The summed E-state index contributed by atoms with van der Waals surface area (Å²) in [7, 11) is 1.90. The number of hydrogen-bond donors (Lipinski definition) is 1. The summed E-state index contributed by atoms with van der Waals surface area (Å²) in [6, 6.07) is 6.55. The van der Waals surface area contributed by atoms with Crippen molar-refractivity contribution in [2.24, 2.45) is 7.05 Å². The van der Waals surface area contributed by atoms with Crippen molar-refractivity contribution >= 4 is 11.4 Å². The van der Waals surface area contributed by atoms with Gasteiger partial charge in [0.05, 0.1) is 23.1 Å². The van der Waals surface area contributed by atoms with Crippen LogP contribution in [0.2, 0.25) is 0 Å². The first-order valence-corrected chi connectivity index (χ1v) is 7.35. The normalized spacial score (nSPS) is 18.0. The van der Waals surface area contributed by atoms with E-state index in [1.807, 2.05) is 25.5 Å². The smallest absolute Gasteiger partial charge is 0.124 e. The van der Waals surface area contributed by atoms with Crippen LogP contribution in [0.15, 0.2) is 30.6 Å². The van der Waals surface area contributed by atoms with E-state index in [1.165, 1.54) is 12.1 Å². The van der Waals surface area contributed by atoms with Gasteiger partial charge in [0.1, 0.15) is 11.9 Å². The first-order chi connectivity index (χ1) is 10.7. The van der Waals surface area contributed by atoms with E-state index < -0.39 is 0 Å². The van der Waals surface area contributed by atoms with Gasteiger partial charge in [0.2, 0.25) is 0 Å². The van der Waals surface area contributed by atoms with Crippen molar-refractivity contribution in [3.8, 4) is 6.07 Å². The number of halogens is 1. The number of nitriles is 1. The minimum Gasteiger partial charge on any atom is -0.379 e. The second-order valence-corrected chi connectivity index (χ2v) is 5.60. The Bertz CT molecular complexity index is 703. The van der Waals surface area contributed by atoms with E-state index in [2.05, 4.69) is 15.3 Å². The average Bonchev–Trinajstić information content (AvgIpc) is 2.96. The van der Waals surface area contributed by atoms with Gasteiger partial charge in [-0.1, -0.05) is 0 Å². The highest BCUT2D eigenvalue weighted by atomic mass is 19.1. The molecular weight excluding hydrogens is 281 g/mol. The second-order valence-electron chi connectivity index (χ2n) is 5.60. The predicted molar refractivity (Wildman–Crippen MR) is 83.2 cm³/mol. The molecule has 1 saturated heterocycles. The van der Waals surface area contributed by atoms with E-state index >= 15 is 0 Å². The lowest BCUT2D eigenvalue weighted by molar-refractivity contribution is 0.530. The van der Waals surface area contributed by atoms with Gasteiger partial charge in [0.15, 0.2) is 0 Å². The molecule has 1 atom stereocenters. The molecule has 1 unspecified atom stereocenters. The number of aryl methyl sites for hydroxylation is 1. The van der Waals surface area contributed by atoms with Crippen LogP contribution in [-0.4, -0.2) is 28.9 Å². The Balaban J connectivity index is 1.72. The van der Waals surface area contributed by atoms with E-state index in [1.54, 1.807) is 10.7 Å². The van der Waals surface area contributed by atoms with Crippen LogP contribution in [0.1, 0.15) is 18.4 Å². The van der Waals surface area contributed by atoms with Gasteiger partial charge in [0.25, 0.3) is 0 Å². The topological polar surface area (TPSA) is 56.9 Å². The summed E-state index contributed by atoms with van der Waals surface area (Å²) in [5.74, 6) is -0.386. The molecular formula is C16H18FN5. The maximum Gasteiger partial charge on any atom is 0.124 e. The van der Waals surface area contributed by atoms with Gasteiger partial charge in [-0.15, -0.1) is 0 Å². The van der Waals surface area contributed by atoms with Gasteiger partial charge in [-0.05, 0) is 31.0 Å². The lowest BCUT2D eigenvalue weighted by atomic mass is 10.0.